The van der Waals surface area contributed by atoms with E-state index >= 15 is 0 Å². The van der Waals surface area contributed by atoms with Crippen LogP contribution in [0.1, 0.15) is 34.8 Å². The molecule has 1 unspecified atom stereocenters. The van der Waals surface area contributed by atoms with E-state index in [-0.39, 0.29) is 6.61 Å². The Hall–Kier alpha value is -1.68. The summed E-state index contributed by atoms with van der Waals surface area (Å²) in [5.41, 5.74) is 9.53. The quantitative estimate of drug-likeness (QED) is 0.754. The first kappa shape index (κ1) is 14.7. The van der Waals surface area contributed by atoms with Crippen molar-refractivity contribution in [2.75, 3.05) is 6.61 Å². The summed E-state index contributed by atoms with van der Waals surface area (Å²) in [5.74, 6) is 0. The van der Waals surface area contributed by atoms with E-state index in [2.05, 4.69) is 0 Å². The standard InChI is InChI=1S/C17H21NO2/c18-12-14-5-9-16(10-6-14)17(20)15-7-3-13(4-8-15)2-1-11-19/h3-10,17,19-20H,1-2,11-12,18H2. The SMILES string of the molecule is NCc1ccc(C(O)c2ccc(CCCO)cc2)cc1. The van der Waals surface area contributed by atoms with E-state index in [0.29, 0.717) is 6.54 Å². The van der Waals surface area contributed by atoms with Crippen molar-refractivity contribution in [2.45, 2.75) is 25.5 Å². The molecule has 4 N–H and O–H groups in total. The highest BCUT2D eigenvalue weighted by atomic mass is 16.3. The maximum atomic E-state index is 10.4. The molecule has 1 atom stereocenters. The molecule has 106 valence electrons. The molecule has 0 saturated carbocycles. The van der Waals surface area contributed by atoms with E-state index in [0.717, 1.165) is 29.5 Å². The Balaban J connectivity index is 2.09. The molecule has 0 bridgehead atoms. The van der Waals surface area contributed by atoms with Crippen molar-refractivity contribution < 1.29 is 10.2 Å². The van der Waals surface area contributed by atoms with Crippen molar-refractivity contribution in [1.82, 2.24) is 0 Å². The minimum absolute atomic E-state index is 0.206. The first-order chi connectivity index (χ1) is 9.74. The van der Waals surface area contributed by atoms with Crippen molar-refractivity contribution in [3.05, 3.63) is 70.8 Å². The Bertz CT molecular complexity index is 520. The van der Waals surface area contributed by atoms with Crippen molar-refractivity contribution in [1.29, 1.82) is 0 Å². The smallest absolute Gasteiger partial charge is 0.104 e. The third-order valence-corrected chi connectivity index (χ3v) is 3.45. The zero-order chi connectivity index (χ0) is 14.4. The van der Waals surface area contributed by atoms with Gasteiger partial charge in [0.15, 0.2) is 0 Å². The van der Waals surface area contributed by atoms with Crippen LogP contribution >= 0.6 is 0 Å². The number of aliphatic hydroxyl groups excluding tert-OH is 2. The summed E-state index contributed by atoms with van der Waals surface area (Å²) in [7, 11) is 0. The zero-order valence-corrected chi connectivity index (χ0v) is 11.5. The van der Waals surface area contributed by atoms with E-state index in [1.54, 1.807) is 0 Å². The van der Waals surface area contributed by atoms with Crippen LogP contribution in [0.3, 0.4) is 0 Å². The van der Waals surface area contributed by atoms with Crippen LogP contribution in [0.2, 0.25) is 0 Å². The number of rotatable bonds is 6. The molecule has 2 aromatic rings. The Labute approximate surface area is 119 Å². The van der Waals surface area contributed by atoms with Gasteiger partial charge in [0.05, 0.1) is 0 Å². The van der Waals surface area contributed by atoms with E-state index in [1.807, 2.05) is 48.5 Å². The van der Waals surface area contributed by atoms with Gasteiger partial charge < -0.3 is 15.9 Å². The van der Waals surface area contributed by atoms with Gasteiger partial charge in [0.1, 0.15) is 6.10 Å². The molecule has 2 aromatic carbocycles. The van der Waals surface area contributed by atoms with Crippen LogP contribution in [0.5, 0.6) is 0 Å². The third-order valence-electron chi connectivity index (χ3n) is 3.45. The van der Waals surface area contributed by atoms with Crippen molar-refractivity contribution in [3.8, 4) is 0 Å². The third kappa shape index (κ3) is 3.67. The lowest BCUT2D eigenvalue weighted by Gasteiger charge is -2.12. The summed E-state index contributed by atoms with van der Waals surface area (Å²) in [6, 6.07) is 15.6. The molecule has 0 radical (unpaired) electrons. The number of hydrogen-bond donors (Lipinski definition) is 3. The lowest BCUT2D eigenvalue weighted by Crippen LogP contribution is -2.01. The molecule has 0 saturated heterocycles. The van der Waals surface area contributed by atoms with Crippen LogP contribution in [0.15, 0.2) is 48.5 Å². The first-order valence-corrected chi connectivity index (χ1v) is 6.91. The monoisotopic (exact) mass is 271 g/mol. The molecule has 0 amide bonds. The first-order valence-electron chi connectivity index (χ1n) is 6.91. The van der Waals surface area contributed by atoms with Crippen LogP contribution in [-0.2, 0) is 13.0 Å². The van der Waals surface area contributed by atoms with Gasteiger partial charge >= 0.3 is 0 Å². The number of aliphatic hydroxyl groups is 2. The lowest BCUT2D eigenvalue weighted by molar-refractivity contribution is 0.220. The predicted molar refractivity (Wildman–Crippen MR) is 80.2 cm³/mol. The molecule has 2 rings (SSSR count). The molecule has 0 aliphatic carbocycles. The maximum Gasteiger partial charge on any atom is 0.104 e. The van der Waals surface area contributed by atoms with E-state index in [9.17, 15) is 5.11 Å². The highest BCUT2D eigenvalue weighted by molar-refractivity contribution is 5.33. The molecular weight excluding hydrogens is 250 g/mol. The fraction of sp³-hybridized carbons (Fsp3) is 0.294. The summed E-state index contributed by atoms with van der Waals surface area (Å²) >= 11 is 0. The van der Waals surface area contributed by atoms with Crippen molar-refractivity contribution in [3.63, 3.8) is 0 Å². The molecule has 0 heterocycles. The fourth-order valence-corrected chi connectivity index (χ4v) is 2.18. The van der Waals surface area contributed by atoms with Gasteiger partial charge in [0, 0.05) is 13.2 Å². The van der Waals surface area contributed by atoms with E-state index in [1.165, 1.54) is 5.56 Å². The summed E-state index contributed by atoms with van der Waals surface area (Å²) in [5, 5.41) is 19.2. The van der Waals surface area contributed by atoms with Crippen LogP contribution in [0.4, 0.5) is 0 Å². The van der Waals surface area contributed by atoms with Crippen LogP contribution < -0.4 is 5.73 Å². The van der Waals surface area contributed by atoms with Crippen molar-refractivity contribution >= 4 is 0 Å². The average Bonchev–Trinajstić information content (AvgIpc) is 2.53. The van der Waals surface area contributed by atoms with Gasteiger partial charge in [-0.3, -0.25) is 0 Å². The fourth-order valence-electron chi connectivity index (χ4n) is 2.18. The van der Waals surface area contributed by atoms with Crippen LogP contribution in [-0.4, -0.2) is 16.8 Å². The summed E-state index contributed by atoms with van der Waals surface area (Å²) in [6.07, 6.45) is 1.01. The summed E-state index contributed by atoms with van der Waals surface area (Å²) < 4.78 is 0. The van der Waals surface area contributed by atoms with Crippen molar-refractivity contribution in [2.24, 2.45) is 5.73 Å². The summed E-state index contributed by atoms with van der Waals surface area (Å²) in [6.45, 7) is 0.716. The van der Waals surface area contributed by atoms with Gasteiger partial charge in [-0.2, -0.15) is 0 Å². The Morgan fingerprint density at radius 2 is 1.35 bits per heavy atom. The Morgan fingerprint density at radius 3 is 1.80 bits per heavy atom. The minimum atomic E-state index is -0.617. The van der Waals surface area contributed by atoms with Gasteiger partial charge in [-0.25, -0.2) is 0 Å². The Kier molecular flexibility index (Phi) is 5.30. The summed E-state index contributed by atoms with van der Waals surface area (Å²) in [4.78, 5) is 0. The van der Waals surface area contributed by atoms with Gasteiger partial charge in [-0.1, -0.05) is 48.5 Å². The second-order valence-corrected chi connectivity index (χ2v) is 4.92. The molecule has 0 aliphatic rings. The molecule has 0 spiro atoms. The number of aryl methyl sites for hydroxylation is 1. The van der Waals surface area contributed by atoms with Gasteiger partial charge in [0.2, 0.25) is 0 Å². The van der Waals surface area contributed by atoms with Gasteiger partial charge in [-0.15, -0.1) is 0 Å². The molecule has 0 aromatic heterocycles. The second kappa shape index (κ2) is 7.20. The Morgan fingerprint density at radius 1 is 0.850 bits per heavy atom. The highest BCUT2D eigenvalue weighted by Crippen LogP contribution is 2.22. The zero-order valence-electron chi connectivity index (χ0n) is 11.5. The molecule has 0 aliphatic heterocycles. The topological polar surface area (TPSA) is 66.5 Å². The largest absolute Gasteiger partial charge is 0.396 e. The van der Waals surface area contributed by atoms with Crippen LogP contribution in [0.25, 0.3) is 0 Å². The number of benzene rings is 2. The predicted octanol–water partition coefficient (Wildman–Crippen LogP) is 2.15. The number of hydrogen-bond acceptors (Lipinski definition) is 3. The molecule has 0 fully saturated rings. The number of nitrogens with two attached hydrogens (primary N) is 1. The lowest BCUT2D eigenvalue weighted by atomic mass is 9.98. The second-order valence-electron chi connectivity index (χ2n) is 4.92. The molecule has 3 heteroatoms. The minimum Gasteiger partial charge on any atom is -0.396 e. The normalized spacial score (nSPS) is 12.3. The van der Waals surface area contributed by atoms with Crippen LogP contribution in [0, 0.1) is 0 Å². The van der Waals surface area contributed by atoms with E-state index in [4.69, 9.17) is 10.8 Å². The van der Waals surface area contributed by atoms with E-state index < -0.39 is 6.10 Å². The maximum absolute atomic E-state index is 10.4. The average molecular weight is 271 g/mol. The van der Waals surface area contributed by atoms with Gasteiger partial charge in [0.25, 0.3) is 0 Å². The molecular formula is C17H21NO2. The molecule has 20 heavy (non-hydrogen) atoms. The molecule has 3 nitrogen and oxygen atoms in total. The van der Waals surface area contributed by atoms with Gasteiger partial charge in [-0.05, 0) is 35.1 Å². The highest BCUT2D eigenvalue weighted by Gasteiger charge is 2.10.